The van der Waals surface area contributed by atoms with Crippen molar-refractivity contribution < 1.29 is 0 Å². The van der Waals surface area contributed by atoms with E-state index in [0.717, 1.165) is 10.2 Å². The molecule has 72 valence electrons. The Balaban J connectivity index is 2.57. The fourth-order valence-corrected chi connectivity index (χ4v) is 1.56. The lowest BCUT2D eigenvalue weighted by atomic mass is 10.1. The molecule has 0 aliphatic rings. The van der Waals surface area contributed by atoms with E-state index >= 15 is 0 Å². The maximum atomic E-state index is 3.84. The van der Waals surface area contributed by atoms with Crippen molar-refractivity contribution in [2.45, 2.75) is 13.8 Å². The molecule has 2 rings (SSSR count). The van der Waals surface area contributed by atoms with Gasteiger partial charge in [-0.2, -0.15) is 0 Å². The Kier molecular flexibility index (Phi) is 2.33. The second-order valence-electron chi connectivity index (χ2n) is 3.15. The summed E-state index contributed by atoms with van der Waals surface area (Å²) in [6.45, 7) is 4.09. The summed E-state index contributed by atoms with van der Waals surface area (Å²) >= 11 is 3.52. The van der Waals surface area contributed by atoms with Crippen molar-refractivity contribution in [3.05, 3.63) is 34.1 Å². The number of aryl methyl sites for hydroxylation is 2. The smallest absolute Gasteiger partial charge is 0.143 e. The van der Waals surface area contributed by atoms with E-state index in [0.29, 0.717) is 0 Å². The predicted octanol–water partition coefficient (Wildman–Crippen LogP) is 2.04. The van der Waals surface area contributed by atoms with Gasteiger partial charge in [-0.25, -0.2) is 4.68 Å². The van der Waals surface area contributed by atoms with E-state index in [9.17, 15) is 0 Å². The van der Waals surface area contributed by atoms with E-state index in [-0.39, 0.29) is 0 Å². The third-order valence-electron chi connectivity index (χ3n) is 2.03. The molecule has 1 heterocycles. The standard InChI is InChI=1S/C9H9BrN4/c1-6-3-8(4-7(2)9(6)10)14-5-11-12-13-14/h3-5H,1-2H3. The van der Waals surface area contributed by atoms with E-state index in [1.165, 1.54) is 11.1 Å². The number of benzene rings is 1. The summed E-state index contributed by atoms with van der Waals surface area (Å²) in [7, 11) is 0. The van der Waals surface area contributed by atoms with Crippen LogP contribution >= 0.6 is 15.9 Å². The summed E-state index contributed by atoms with van der Waals surface area (Å²) in [5, 5.41) is 11.0. The molecule has 1 aromatic heterocycles. The van der Waals surface area contributed by atoms with Gasteiger partial charge in [0.1, 0.15) is 6.33 Å². The molecule has 0 radical (unpaired) electrons. The third kappa shape index (κ3) is 1.55. The number of halogens is 1. The van der Waals surface area contributed by atoms with Gasteiger partial charge < -0.3 is 0 Å². The van der Waals surface area contributed by atoms with Crippen molar-refractivity contribution in [3.8, 4) is 5.69 Å². The SMILES string of the molecule is Cc1cc(-n2cnnn2)cc(C)c1Br. The van der Waals surface area contributed by atoms with Gasteiger partial charge in [0.15, 0.2) is 0 Å². The summed E-state index contributed by atoms with van der Waals surface area (Å²) in [6, 6.07) is 4.07. The fourth-order valence-electron chi connectivity index (χ4n) is 1.33. The molecule has 0 amide bonds. The first-order valence-electron chi connectivity index (χ1n) is 4.18. The van der Waals surface area contributed by atoms with Crippen molar-refractivity contribution in [1.82, 2.24) is 20.2 Å². The maximum Gasteiger partial charge on any atom is 0.143 e. The minimum absolute atomic E-state index is 0.980. The van der Waals surface area contributed by atoms with E-state index in [2.05, 4.69) is 31.5 Å². The largest absolute Gasteiger partial charge is 0.201 e. The second kappa shape index (κ2) is 3.49. The Morgan fingerprint density at radius 2 is 1.86 bits per heavy atom. The van der Waals surface area contributed by atoms with E-state index in [1.54, 1.807) is 11.0 Å². The first kappa shape index (κ1) is 9.33. The Morgan fingerprint density at radius 1 is 1.21 bits per heavy atom. The van der Waals surface area contributed by atoms with Crippen LogP contribution in [-0.2, 0) is 0 Å². The molecule has 2 aromatic rings. The second-order valence-corrected chi connectivity index (χ2v) is 3.94. The summed E-state index contributed by atoms with van der Waals surface area (Å²) in [6.07, 6.45) is 1.59. The molecule has 0 fully saturated rings. The molecule has 4 nitrogen and oxygen atoms in total. The average Bonchev–Trinajstić information content (AvgIpc) is 2.66. The van der Waals surface area contributed by atoms with Crippen LogP contribution < -0.4 is 0 Å². The van der Waals surface area contributed by atoms with Crippen molar-refractivity contribution in [2.75, 3.05) is 0 Å². The van der Waals surface area contributed by atoms with Crippen LogP contribution in [0.3, 0.4) is 0 Å². The minimum Gasteiger partial charge on any atom is -0.201 e. The van der Waals surface area contributed by atoms with Crippen molar-refractivity contribution in [1.29, 1.82) is 0 Å². The zero-order chi connectivity index (χ0) is 10.1. The highest BCUT2D eigenvalue weighted by Crippen LogP contribution is 2.23. The van der Waals surface area contributed by atoms with Crippen LogP contribution in [0.15, 0.2) is 22.9 Å². The number of tetrazole rings is 1. The summed E-state index contributed by atoms with van der Waals surface area (Å²) in [5.41, 5.74) is 3.33. The lowest BCUT2D eigenvalue weighted by Gasteiger charge is -2.06. The Labute approximate surface area is 90.1 Å². The summed E-state index contributed by atoms with van der Waals surface area (Å²) in [4.78, 5) is 0. The van der Waals surface area contributed by atoms with Crippen LogP contribution in [0.1, 0.15) is 11.1 Å². The molecule has 0 unspecified atom stereocenters. The molecule has 1 aromatic carbocycles. The number of hydrogen-bond acceptors (Lipinski definition) is 3. The predicted molar refractivity (Wildman–Crippen MR) is 56.3 cm³/mol. The highest BCUT2D eigenvalue weighted by atomic mass is 79.9. The van der Waals surface area contributed by atoms with Gasteiger partial charge in [-0.3, -0.25) is 0 Å². The molecule has 0 N–H and O–H groups in total. The molecule has 14 heavy (non-hydrogen) atoms. The van der Waals surface area contributed by atoms with Crippen molar-refractivity contribution in [2.24, 2.45) is 0 Å². The molecule has 0 saturated heterocycles. The Hall–Kier alpha value is -1.23. The van der Waals surface area contributed by atoms with E-state index in [4.69, 9.17) is 0 Å². The van der Waals surface area contributed by atoms with Crippen LogP contribution in [0, 0.1) is 13.8 Å². The van der Waals surface area contributed by atoms with Gasteiger partial charge in [0.25, 0.3) is 0 Å². The normalized spacial score (nSPS) is 10.5. The molecule has 5 heteroatoms. The van der Waals surface area contributed by atoms with Gasteiger partial charge in [0.05, 0.1) is 5.69 Å². The van der Waals surface area contributed by atoms with Gasteiger partial charge in [0.2, 0.25) is 0 Å². The van der Waals surface area contributed by atoms with Gasteiger partial charge in [-0.15, -0.1) is 5.10 Å². The molecule has 0 spiro atoms. The number of hydrogen-bond donors (Lipinski definition) is 0. The Morgan fingerprint density at radius 3 is 2.36 bits per heavy atom. The van der Waals surface area contributed by atoms with Gasteiger partial charge in [-0.05, 0) is 47.5 Å². The molecule has 0 aliphatic carbocycles. The molecule has 0 saturated carbocycles. The van der Waals surface area contributed by atoms with Crippen LogP contribution in [0.25, 0.3) is 5.69 Å². The van der Waals surface area contributed by atoms with Crippen LogP contribution in [0.5, 0.6) is 0 Å². The molecular formula is C9H9BrN4. The van der Waals surface area contributed by atoms with E-state index in [1.807, 2.05) is 26.0 Å². The lowest BCUT2D eigenvalue weighted by Crippen LogP contribution is -1.97. The number of nitrogens with zero attached hydrogens (tertiary/aromatic N) is 4. The first-order valence-corrected chi connectivity index (χ1v) is 4.98. The highest BCUT2D eigenvalue weighted by molar-refractivity contribution is 9.10. The van der Waals surface area contributed by atoms with Gasteiger partial charge in [-0.1, -0.05) is 15.9 Å². The summed E-state index contributed by atoms with van der Waals surface area (Å²) in [5.74, 6) is 0. The topological polar surface area (TPSA) is 43.6 Å². The number of rotatable bonds is 1. The van der Waals surface area contributed by atoms with Crippen LogP contribution in [-0.4, -0.2) is 20.2 Å². The summed E-state index contributed by atoms with van der Waals surface area (Å²) < 4.78 is 2.78. The molecule has 0 aliphatic heterocycles. The third-order valence-corrected chi connectivity index (χ3v) is 3.29. The molecular weight excluding hydrogens is 244 g/mol. The lowest BCUT2D eigenvalue weighted by molar-refractivity contribution is 0.787. The zero-order valence-electron chi connectivity index (χ0n) is 7.90. The maximum absolute atomic E-state index is 3.84. The minimum atomic E-state index is 0.980. The highest BCUT2D eigenvalue weighted by Gasteiger charge is 2.04. The van der Waals surface area contributed by atoms with E-state index < -0.39 is 0 Å². The molecule has 0 atom stereocenters. The Bertz CT molecular complexity index is 427. The van der Waals surface area contributed by atoms with Gasteiger partial charge in [0, 0.05) is 4.47 Å². The zero-order valence-corrected chi connectivity index (χ0v) is 9.48. The fraction of sp³-hybridized carbons (Fsp3) is 0.222. The molecule has 0 bridgehead atoms. The van der Waals surface area contributed by atoms with Crippen LogP contribution in [0.4, 0.5) is 0 Å². The monoisotopic (exact) mass is 252 g/mol. The van der Waals surface area contributed by atoms with Crippen molar-refractivity contribution >= 4 is 15.9 Å². The van der Waals surface area contributed by atoms with Crippen LogP contribution in [0.2, 0.25) is 0 Å². The van der Waals surface area contributed by atoms with Gasteiger partial charge >= 0.3 is 0 Å². The first-order chi connectivity index (χ1) is 6.68. The number of aromatic nitrogens is 4. The quantitative estimate of drug-likeness (QED) is 0.781. The van der Waals surface area contributed by atoms with Crippen molar-refractivity contribution in [3.63, 3.8) is 0 Å². The average molecular weight is 253 g/mol.